The lowest BCUT2D eigenvalue weighted by Crippen LogP contribution is -2.29. The van der Waals surface area contributed by atoms with Crippen molar-refractivity contribution in [2.24, 2.45) is 0 Å². The maximum atomic E-state index is 12.1. The van der Waals surface area contributed by atoms with Crippen LogP contribution in [0.2, 0.25) is 0 Å². The van der Waals surface area contributed by atoms with E-state index in [1.54, 1.807) is 24.3 Å². The van der Waals surface area contributed by atoms with Crippen LogP contribution in [-0.2, 0) is 14.3 Å². The quantitative estimate of drug-likeness (QED) is 0.473. The molecule has 1 unspecified atom stereocenters. The largest absolute Gasteiger partial charge is 0.490 e. The van der Waals surface area contributed by atoms with Gasteiger partial charge in [0.05, 0.1) is 13.2 Å². The smallest absolute Gasteiger partial charge is 0.331 e. The lowest BCUT2D eigenvalue weighted by molar-refractivity contribution is -0.148. The Labute approximate surface area is 171 Å². The Bertz CT molecular complexity index is 832. The Kier molecular flexibility index (Phi) is 8.76. The first-order chi connectivity index (χ1) is 14.0. The average Bonchev–Trinajstić information content (AvgIpc) is 2.72. The minimum atomic E-state index is -0.920. The predicted molar refractivity (Wildman–Crippen MR) is 113 cm³/mol. The number of nitrogens with one attached hydrogen (secondary N) is 1. The minimum absolute atomic E-state index is 0.394. The van der Waals surface area contributed by atoms with Crippen molar-refractivity contribution in [3.8, 4) is 11.5 Å². The number of rotatable bonds is 10. The van der Waals surface area contributed by atoms with Crippen LogP contribution in [0.4, 0.5) is 5.69 Å². The van der Waals surface area contributed by atoms with Crippen molar-refractivity contribution in [1.29, 1.82) is 0 Å². The zero-order valence-electron chi connectivity index (χ0n) is 17.0. The van der Waals surface area contributed by atoms with Crippen molar-refractivity contribution in [3.05, 3.63) is 60.2 Å². The molecular weight excluding hydrogens is 370 g/mol. The van der Waals surface area contributed by atoms with Crippen LogP contribution in [0.1, 0.15) is 32.8 Å². The average molecular weight is 397 g/mol. The second-order valence-electron chi connectivity index (χ2n) is 6.26. The molecule has 1 amide bonds. The molecule has 0 fully saturated rings. The molecule has 0 aliphatic carbocycles. The topological polar surface area (TPSA) is 73.9 Å². The number of hydrogen-bond acceptors (Lipinski definition) is 5. The van der Waals surface area contributed by atoms with E-state index in [9.17, 15) is 9.59 Å². The van der Waals surface area contributed by atoms with E-state index in [2.05, 4.69) is 5.32 Å². The van der Waals surface area contributed by atoms with Crippen LogP contribution in [0.15, 0.2) is 54.6 Å². The van der Waals surface area contributed by atoms with Crippen molar-refractivity contribution in [1.82, 2.24) is 0 Å². The number of benzene rings is 2. The van der Waals surface area contributed by atoms with Gasteiger partial charge in [0.1, 0.15) is 0 Å². The van der Waals surface area contributed by atoms with Gasteiger partial charge in [-0.15, -0.1) is 0 Å². The maximum absolute atomic E-state index is 12.1. The first kappa shape index (κ1) is 22.0. The molecule has 6 nitrogen and oxygen atoms in total. The van der Waals surface area contributed by atoms with E-state index in [0.29, 0.717) is 30.4 Å². The van der Waals surface area contributed by atoms with Crippen LogP contribution < -0.4 is 14.8 Å². The summed E-state index contributed by atoms with van der Waals surface area (Å²) in [5.74, 6) is 0.283. The van der Waals surface area contributed by atoms with Crippen molar-refractivity contribution < 1.29 is 23.8 Å². The highest BCUT2D eigenvalue weighted by molar-refractivity contribution is 5.96. The fourth-order valence-electron chi connectivity index (χ4n) is 2.42. The Morgan fingerprint density at radius 2 is 1.79 bits per heavy atom. The van der Waals surface area contributed by atoms with E-state index in [1.165, 1.54) is 13.0 Å². The number of carbonyl (C=O) groups excluding carboxylic acids is 2. The van der Waals surface area contributed by atoms with Gasteiger partial charge in [0.25, 0.3) is 5.91 Å². The second kappa shape index (κ2) is 11.5. The molecule has 0 bridgehead atoms. The van der Waals surface area contributed by atoms with Gasteiger partial charge in [0, 0.05) is 11.8 Å². The molecule has 1 N–H and O–H groups in total. The molecule has 0 heterocycles. The van der Waals surface area contributed by atoms with Crippen molar-refractivity contribution >= 4 is 23.6 Å². The van der Waals surface area contributed by atoms with Gasteiger partial charge >= 0.3 is 5.97 Å². The van der Waals surface area contributed by atoms with Gasteiger partial charge in [-0.3, -0.25) is 4.79 Å². The summed E-state index contributed by atoms with van der Waals surface area (Å²) in [5.41, 5.74) is 1.40. The van der Waals surface area contributed by atoms with Crippen LogP contribution >= 0.6 is 0 Å². The molecule has 0 aliphatic rings. The molecule has 154 valence electrons. The minimum Gasteiger partial charge on any atom is -0.490 e. The monoisotopic (exact) mass is 397 g/mol. The number of amides is 1. The summed E-state index contributed by atoms with van der Waals surface area (Å²) in [6, 6.07) is 14.4. The van der Waals surface area contributed by atoms with Crippen molar-refractivity contribution in [2.45, 2.75) is 33.3 Å². The van der Waals surface area contributed by atoms with Crippen LogP contribution in [0.3, 0.4) is 0 Å². The molecule has 2 aromatic carbocycles. The fraction of sp³-hybridized carbons (Fsp3) is 0.304. The summed E-state index contributed by atoms with van der Waals surface area (Å²) in [6.07, 6.45) is 2.87. The summed E-state index contributed by atoms with van der Waals surface area (Å²) < 4.78 is 16.4. The number of hydrogen-bond donors (Lipinski definition) is 1. The highest BCUT2D eigenvalue weighted by atomic mass is 16.5. The first-order valence-corrected chi connectivity index (χ1v) is 9.67. The van der Waals surface area contributed by atoms with E-state index in [-0.39, 0.29) is 0 Å². The summed E-state index contributed by atoms with van der Waals surface area (Å²) in [5, 5.41) is 2.69. The third-order valence-corrected chi connectivity index (χ3v) is 3.84. The van der Waals surface area contributed by atoms with Crippen LogP contribution in [-0.4, -0.2) is 31.2 Å². The number of esters is 1. The van der Waals surface area contributed by atoms with Gasteiger partial charge < -0.3 is 19.5 Å². The third kappa shape index (κ3) is 7.33. The van der Waals surface area contributed by atoms with Gasteiger partial charge in [-0.1, -0.05) is 31.2 Å². The Morgan fingerprint density at radius 3 is 2.48 bits per heavy atom. The molecule has 29 heavy (non-hydrogen) atoms. The number of carbonyl (C=O) groups is 2. The summed E-state index contributed by atoms with van der Waals surface area (Å²) in [4.78, 5) is 24.2. The number of para-hydroxylation sites is 1. The van der Waals surface area contributed by atoms with Crippen molar-refractivity contribution in [2.75, 3.05) is 18.5 Å². The summed E-state index contributed by atoms with van der Waals surface area (Å²) in [7, 11) is 0. The Hall–Kier alpha value is -3.28. The molecule has 0 saturated heterocycles. The summed E-state index contributed by atoms with van der Waals surface area (Å²) in [6.45, 7) is 6.56. The molecular formula is C23H27NO5. The van der Waals surface area contributed by atoms with Gasteiger partial charge in [-0.25, -0.2) is 4.79 Å². The van der Waals surface area contributed by atoms with E-state index in [0.717, 1.165) is 12.0 Å². The molecule has 0 saturated carbocycles. The fourth-order valence-corrected chi connectivity index (χ4v) is 2.42. The number of anilines is 1. The van der Waals surface area contributed by atoms with Crippen LogP contribution in [0, 0.1) is 0 Å². The van der Waals surface area contributed by atoms with Crippen LogP contribution in [0.5, 0.6) is 11.5 Å². The van der Waals surface area contributed by atoms with Gasteiger partial charge in [0.2, 0.25) is 0 Å². The maximum Gasteiger partial charge on any atom is 0.331 e. The Morgan fingerprint density at radius 1 is 1.03 bits per heavy atom. The van der Waals surface area contributed by atoms with Gasteiger partial charge in [-0.05, 0) is 56.2 Å². The zero-order chi connectivity index (χ0) is 21.1. The molecule has 2 rings (SSSR count). The van der Waals surface area contributed by atoms with E-state index < -0.39 is 18.0 Å². The lowest BCUT2D eigenvalue weighted by atomic mass is 10.2. The van der Waals surface area contributed by atoms with Crippen LogP contribution in [0.25, 0.3) is 6.08 Å². The lowest BCUT2D eigenvalue weighted by Gasteiger charge is -2.13. The highest BCUT2D eigenvalue weighted by Crippen LogP contribution is 2.29. The molecule has 0 aromatic heterocycles. The van der Waals surface area contributed by atoms with Gasteiger partial charge in [-0.2, -0.15) is 0 Å². The Balaban J connectivity index is 1.95. The standard InChI is InChI=1S/C23H27NO5/c1-4-15-28-20-13-11-18(16-21(20)27-5-2)12-14-22(25)29-17(3)23(26)24-19-9-7-6-8-10-19/h6-14,16-17H,4-5,15H2,1-3H3,(H,24,26)/b14-12+. The van der Waals surface area contributed by atoms with E-state index >= 15 is 0 Å². The summed E-state index contributed by atoms with van der Waals surface area (Å²) >= 11 is 0. The zero-order valence-corrected chi connectivity index (χ0v) is 17.0. The van der Waals surface area contributed by atoms with Crippen molar-refractivity contribution in [3.63, 3.8) is 0 Å². The second-order valence-corrected chi connectivity index (χ2v) is 6.26. The molecule has 0 radical (unpaired) electrons. The highest BCUT2D eigenvalue weighted by Gasteiger charge is 2.16. The molecule has 1 atom stereocenters. The van der Waals surface area contributed by atoms with E-state index in [1.807, 2.05) is 44.2 Å². The molecule has 2 aromatic rings. The normalized spacial score (nSPS) is 11.7. The molecule has 0 aliphatic heterocycles. The number of ether oxygens (including phenoxy) is 3. The third-order valence-electron chi connectivity index (χ3n) is 3.84. The first-order valence-electron chi connectivity index (χ1n) is 9.67. The predicted octanol–water partition coefficient (Wildman–Crippen LogP) is 4.46. The molecule has 6 heteroatoms. The SMILES string of the molecule is CCCOc1ccc(/C=C/C(=O)OC(C)C(=O)Nc2ccccc2)cc1OCC. The van der Waals surface area contributed by atoms with E-state index in [4.69, 9.17) is 14.2 Å². The molecule has 0 spiro atoms. The van der Waals surface area contributed by atoms with Gasteiger partial charge in [0.15, 0.2) is 17.6 Å².